The van der Waals surface area contributed by atoms with Gasteiger partial charge in [-0.15, -0.1) is 11.8 Å². The van der Waals surface area contributed by atoms with Gasteiger partial charge in [0.25, 0.3) is 0 Å². The number of nitrogens with zero attached hydrogens (tertiary/aromatic N) is 1. The quantitative estimate of drug-likeness (QED) is 0.515. The van der Waals surface area contributed by atoms with E-state index in [4.69, 9.17) is 11.0 Å². The molecule has 2 aromatic rings. The number of nitriles is 1. The van der Waals surface area contributed by atoms with Gasteiger partial charge < -0.3 is 5.73 Å². The number of anilines is 1. The fourth-order valence-corrected chi connectivity index (χ4v) is 2.56. The van der Waals surface area contributed by atoms with Gasteiger partial charge in [-0.3, -0.25) is 0 Å². The molecule has 0 spiro atoms. The predicted molar refractivity (Wildman–Crippen MR) is 81.5 cm³/mol. The van der Waals surface area contributed by atoms with Gasteiger partial charge in [-0.2, -0.15) is 5.26 Å². The number of nitrogen functional groups attached to an aromatic ring is 1. The lowest BCUT2D eigenvalue weighted by Gasteiger charge is -2.05. The summed E-state index contributed by atoms with van der Waals surface area (Å²) in [5.41, 5.74) is 8.74. The van der Waals surface area contributed by atoms with E-state index >= 15 is 0 Å². The van der Waals surface area contributed by atoms with Gasteiger partial charge in [-0.1, -0.05) is 30.3 Å². The Balaban J connectivity index is 2.09. The molecule has 0 saturated carbocycles. The third-order valence-corrected chi connectivity index (χ3v) is 3.71. The second-order valence-electron chi connectivity index (χ2n) is 4.03. The van der Waals surface area contributed by atoms with Crippen LogP contribution in [0.2, 0.25) is 0 Å². The minimum absolute atomic E-state index is 0.690. The number of rotatable bonds is 4. The fourth-order valence-electron chi connectivity index (χ4n) is 1.65. The van der Waals surface area contributed by atoms with Gasteiger partial charge in [-0.05, 0) is 35.4 Å². The van der Waals surface area contributed by atoms with Crippen LogP contribution < -0.4 is 5.73 Å². The Morgan fingerprint density at radius 1 is 1.16 bits per heavy atom. The number of hydrogen-bond donors (Lipinski definition) is 1. The molecule has 0 fully saturated rings. The molecule has 0 radical (unpaired) electrons. The average molecular weight is 266 g/mol. The second kappa shape index (κ2) is 6.67. The first-order valence-corrected chi connectivity index (χ1v) is 6.90. The first-order chi connectivity index (χ1) is 9.29. The third kappa shape index (κ3) is 3.90. The van der Waals surface area contributed by atoms with Crippen LogP contribution in [0.4, 0.5) is 5.69 Å². The van der Waals surface area contributed by atoms with Crippen molar-refractivity contribution in [3.8, 4) is 6.07 Å². The van der Waals surface area contributed by atoms with Gasteiger partial charge in [0.05, 0.1) is 6.07 Å². The Hall–Kier alpha value is -2.18. The van der Waals surface area contributed by atoms with Crippen LogP contribution in [0.15, 0.2) is 59.5 Å². The first-order valence-electron chi connectivity index (χ1n) is 5.92. The van der Waals surface area contributed by atoms with E-state index in [-0.39, 0.29) is 0 Å². The molecule has 0 aliphatic rings. The molecule has 0 unspecified atom stereocenters. The third-order valence-electron chi connectivity index (χ3n) is 2.64. The van der Waals surface area contributed by atoms with Crippen LogP contribution in [0.3, 0.4) is 0 Å². The minimum Gasteiger partial charge on any atom is -0.398 e. The smallest absolute Gasteiger partial charge is 0.0912 e. The molecule has 0 bridgehead atoms. The van der Waals surface area contributed by atoms with Gasteiger partial charge in [0.2, 0.25) is 0 Å². The Morgan fingerprint density at radius 3 is 2.68 bits per heavy atom. The highest BCUT2D eigenvalue weighted by Crippen LogP contribution is 2.26. The van der Waals surface area contributed by atoms with E-state index in [9.17, 15) is 0 Å². The van der Waals surface area contributed by atoms with Crippen molar-refractivity contribution in [2.75, 3.05) is 5.73 Å². The zero-order valence-electron chi connectivity index (χ0n) is 10.4. The van der Waals surface area contributed by atoms with E-state index in [1.54, 1.807) is 17.8 Å². The zero-order chi connectivity index (χ0) is 13.5. The molecule has 0 aliphatic carbocycles. The molecule has 0 amide bonds. The molecule has 0 heterocycles. The molecule has 3 heteroatoms. The van der Waals surface area contributed by atoms with E-state index in [0.717, 1.165) is 16.2 Å². The van der Waals surface area contributed by atoms with Crippen molar-refractivity contribution >= 4 is 23.5 Å². The van der Waals surface area contributed by atoms with E-state index in [1.165, 1.54) is 11.6 Å². The summed E-state index contributed by atoms with van der Waals surface area (Å²) in [5.74, 6) is 0.923. The Bertz CT molecular complexity index is 612. The number of allylic oxidation sites excluding steroid dienone is 1. The minimum atomic E-state index is 0.690. The number of benzene rings is 2. The van der Waals surface area contributed by atoms with Crippen molar-refractivity contribution in [3.63, 3.8) is 0 Å². The van der Waals surface area contributed by atoms with Crippen LogP contribution in [0, 0.1) is 11.3 Å². The van der Waals surface area contributed by atoms with Crippen molar-refractivity contribution in [1.29, 1.82) is 5.26 Å². The van der Waals surface area contributed by atoms with E-state index in [1.807, 2.05) is 42.5 Å². The molecular formula is C16H14N2S. The van der Waals surface area contributed by atoms with Crippen molar-refractivity contribution in [2.45, 2.75) is 10.6 Å². The van der Waals surface area contributed by atoms with E-state index in [2.05, 4.69) is 12.1 Å². The molecule has 94 valence electrons. The normalized spacial score (nSPS) is 10.5. The van der Waals surface area contributed by atoms with Crippen LogP contribution in [0.25, 0.3) is 6.08 Å². The van der Waals surface area contributed by atoms with Crippen molar-refractivity contribution < 1.29 is 0 Å². The molecule has 2 N–H and O–H groups in total. The number of nitrogens with two attached hydrogens (primary N) is 1. The van der Waals surface area contributed by atoms with E-state index in [0.29, 0.717) is 5.69 Å². The molecule has 2 nitrogen and oxygen atoms in total. The predicted octanol–water partition coefficient (Wildman–Crippen LogP) is 4.10. The summed E-state index contributed by atoms with van der Waals surface area (Å²) >= 11 is 1.76. The molecule has 19 heavy (non-hydrogen) atoms. The molecule has 0 aliphatic heterocycles. The van der Waals surface area contributed by atoms with Crippen LogP contribution >= 0.6 is 11.8 Å². The van der Waals surface area contributed by atoms with Crippen molar-refractivity contribution in [2.24, 2.45) is 0 Å². The van der Waals surface area contributed by atoms with Gasteiger partial charge in [0, 0.05) is 22.4 Å². The summed E-state index contributed by atoms with van der Waals surface area (Å²) in [7, 11) is 0. The monoisotopic (exact) mass is 266 g/mol. The highest BCUT2D eigenvalue weighted by atomic mass is 32.2. The maximum atomic E-state index is 8.56. The lowest BCUT2D eigenvalue weighted by atomic mass is 10.2. The maximum Gasteiger partial charge on any atom is 0.0912 e. The van der Waals surface area contributed by atoms with Crippen LogP contribution in [-0.2, 0) is 5.75 Å². The SMILES string of the molecule is N#C/C=C/c1cc(SCc2ccccc2)ccc1N. The number of hydrogen-bond acceptors (Lipinski definition) is 3. The summed E-state index contributed by atoms with van der Waals surface area (Å²) in [6, 6.07) is 18.2. The average Bonchev–Trinajstić information content (AvgIpc) is 2.46. The Labute approximate surface area is 117 Å². The van der Waals surface area contributed by atoms with Crippen molar-refractivity contribution in [3.05, 3.63) is 65.7 Å². The summed E-state index contributed by atoms with van der Waals surface area (Å²) < 4.78 is 0. The second-order valence-corrected chi connectivity index (χ2v) is 5.08. The standard InChI is InChI=1S/C16H14N2S/c17-10-4-7-14-11-15(8-9-16(14)18)19-12-13-5-2-1-3-6-13/h1-9,11H,12,18H2/b7-4+. The molecule has 0 saturated heterocycles. The Kier molecular flexibility index (Phi) is 4.66. The van der Waals surface area contributed by atoms with Gasteiger partial charge in [-0.25, -0.2) is 0 Å². The van der Waals surface area contributed by atoms with Crippen LogP contribution in [-0.4, -0.2) is 0 Å². The summed E-state index contributed by atoms with van der Waals surface area (Å²) in [6.07, 6.45) is 3.18. The largest absolute Gasteiger partial charge is 0.398 e. The van der Waals surface area contributed by atoms with E-state index < -0.39 is 0 Å². The summed E-state index contributed by atoms with van der Waals surface area (Å²) in [5, 5.41) is 8.56. The summed E-state index contributed by atoms with van der Waals surface area (Å²) in [6.45, 7) is 0. The molecular weight excluding hydrogens is 252 g/mol. The van der Waals surface area contributed by atoms with Crippen LogP contribution in [0.5, 0.6) is 0 Å². The van der Waals surface area contributed by atoms with Gasteiger partial charge in [0.1, 0.15) is 0 Å². The lowest BCUT2D eigenvalue weighted by molar-refractivity contribution is 1.38. The zero-order valence-corrected chi connectivity index (χ0v) is 11.2. The lowest BCUT2D eigenvalue weighted by Crippen LogP contribution is -1.89. The highest BCUT2D eigenvalue weighted by molar-refractivity contribution is 7.98. The fraction of sp³-hybridized carbons (Fsp3) is 0.0625. The molecule has 2 aromatic carbocycles. The Morgan fingerprint density at radius 2 is 1.95 bits per heavy atom. The molecule has 0 atom stereocenters. The van der Waals surface area contributed by atoms with Gasteiger partial charge in [0.15, 0.2) is 0 Å². The summed E-state index contributed by atoms with van der Waals surface area (Å²) in [4.78, 5) is 1.15. The van der Waals surface area contributed by atoms with Crippen LogP contribution in [0.1, 0.15) is 11.1 Å². The maximum absolute atomic E-state index is 8.56. The molecule has 0 aromatic heterocycles. The number of thioether (sulfide) groups is 1. The highest BCUT2D eigenvalue weighted by Gasteiger charge is 2.00. The molecule has 2 rings (SSSR count). The topological polar surface area (TPSA) is 49.8 Å². The van der Waals surface area contributed by atoms with Crippen molar-refractivity contribution in [1.82, 2.24) is 0 Å². The van der Waals surface area contributed by atoms with Gasteiger partial charge >= 0.3 is 0 Å². The first kappa shape index (κ1) is 13.3.